The molecule has 13 heteroatoms. The zero-order chi connectivity index (χ0) is 34.1. The Morgan fingerprint density at radius 1 is 0.870 bits per heavy atom. The molecule has 1 aromatic carbocycles. The molecule has 0 saturated heterocycles. The number of benzene rings is 1. The molecule has 0 heterocycles. The van der Waals surface area contributed by atoms with Gasteiger partial charge in [0.25, 0.3) is 0 Å². The van der Waals surface area contributed by atoms with Gasteiger partial charge < -0.3 is 19.1 Å². The van der Waals surface area contributed by atoms with Gasteiger partial charge in [-0.2, -0.15) is 39.5 Å². The predicted octanol–water partition coefficient (Wildman–Crippen LogP) is 9.12. The minimum absolute atomic E-state index is 0.238. The summed E-state index contributed by atoms with van der Waals surface area (Å²) in [7, 11) is 2.10. The van der Waals surface area contributed by atoms with E-state index in [4.69, 9.17) is 9.47 Å². The van der Waals surface area contributed by atoms with Crippen molar-refractivity contribution >= 4 is 0 Å². The monoisotopic (exact) mass is 675 g/mol. The van der Waals surface area contributed by atoms with Crippen LogP contribution in [0.4, 0.5) is 39.5 Å². The summed E-state index contributed by atoms with van der Waals surface area (Å²) in [6.45, 7) is 7.32. The van der Waals surface area contributed by atoms with Gasteiger partial charge in [-0.25, -0.2) is 0 Å². The van der Waals surface area contributed by atoms with Gasteiger partial charge in [0.05, 0.1) is 12.7 Å². The molecule has 46 heavy (non-hydrogen) atoms. The van der Waals surface area contributed by atoms with E-state index in [9.17, 15) is 39.5 Å². The van der Waals surface area contributed by atoms with Crippen LogP contribution in [0.25, 0.3) is 0 Å². The lowest BCUT2D eigenvalue weighted by atomic mass is 9.55. The zero-order valence-corrected chi connectivity index (χ0v) is 26.9. The second-order valence-electron chi connectivity index (χ2n) is 14.0. The largest absolute Gasteiger partial charge is 0.492 e. The van der Waals surface area contributed by atoms with Crippen molar-refractivity contribution in [2.45, 2.75) is 108 Å². The van der Waals surface area contributed by atoms with Crippen LogP contribution in [-0.4, -0.2) is 75.1 Å². The molecule has 0 aromatic heterocycles. The lowest BCUT2D eigenvalue weighted by molar-refractivity contribution is -0.457. The average molecular weight is 676 g/mol. The maximum atomic E-state index is 13.1. The Morgan fingerprint density at radius 2 is 1.54 bits per heavy atom. The van der Waals surface area contributed by atoms with E-state index in [1.807, 2.05) is 6.07 Å². The normalized spacial score (nSPS) is 27.1. The van der Waals surface area contributed by atoms with Crippen molar-refractivity contribution in [2.75, 3.05) is 40.0 Å². The van der Waals surface area contributed by atoms with Crippen molar-refractivity contribution in [1.29, 1.82) is 0 Å². The molecule has 0 radical (unpaired) electrons. The summed E-state index contributed by atoms with van der Waals surface area (Å²) in [5.74, 6) is 2.64. The number of rotatable bonds is 13. The highest BCUT2D eigenvalue weighted by atomic mass is 19.4. The third-order valence-corrected chi connectivity index (χ3v) is 10.6. The fourth-order valence-corrected chi connectivity index (χ4v) is 8.02. The standard InChI is InChI=1S/C33H46F9NO3/c1-21(2)13-15-43(4)16-19-44-23-7-9-24-22(20-23)6-8-26-25(24)12-14-29(3)27(26)10-11-28(29)45-17-5-18-46-30(31(34,35)36,32(37,38)39)33(40,41)42/h7,9,20-21,25-28H,5-6,8,10-19H2,1-4H3/t25-,26-,27+,28+,29+/m1/s1. The van der Waals surface area contributed by atoms with Crippen LogP contribution in [0.15, 0.2) is 18.2 Å². The van der Waals surface area contributed by atoms with E-state index in [1.54, 1.807) is 0 Å². The molecule has 2 saturated carbocycles. The van der Waals surface area contributed by atoms with E-state index in [-0.39, 0.29) is 18.1 Å². The summed E-state index contributed by atoms with van der Waals surface area (Å²) in [4.78, 5) is 2.27. The Bertz CT molecular complexity index is 1120. The van der Waals surface area contributed by atoms with E-state index in [0.717, 1.165) is 57.4 Å². The lowest BCUT2D eigenvalue weighted by Crippen LogP contribution is -2.67. The smallest absolute Gasteiger partial charge is 0.435 e. The molecule has 0 unspecified atom stereocenters. The van der Waals surface area contributed by atoms with Crippen LogP contribution in [0.3, 0.4) is 0 Å². The molecule has 4 nitrogen and oxygen atoms in total. The molecular weight excluding hydrogens is 629 g/mol. The fraction of sp³-hybridized carbons (Fsp3) is 0.818. The maximum absolute atomic E-state index is 13.1. The van der Waals surface area contributed by atoms with Gasteiger partial charge in [-0.05, 0) is 117 Å². The molecule has 0 bridgehead atoms. The minimum atomic E-state index is -6.73. The summed E-state index contributed by atoms with van der Waals surface area (Å²) in [5.41, 5.74) is -3.85. The first-order valence-corrected chi connectivity index (χ1v) is 16.2. The predicted molar refractivity (Wildman–Crippen MR) is 155 cm³/mol. The molecule has 0 N–H and O–H groups in total. The molecule has 3 aliphatic rings. The van der Waals surface area contributed by atoms with Gasteiger partial charge in [0.15, 0.2) is 0 Å². The van der Waals surface area contributed by atoms with Crippen molar-refractivity contribution in [3.8, 4) is 5.75 Å². The van der Waals surface area contributed by atoms with Crippen molar-refractivity contribution in [3.05, 3.63) is 29.3 Å². The summed E-state index contributed by atoms with van der Waals surface area (Å²) >= 11 is 0. The van der Waals surface area contributed by atoms with E-state index in [1.165, 1.54) is 11.1 Å². The van der Waals surface area contributed by atoms with Gasteiger partial charge in [-0.3, -0.25) is 0 Å². The van der Waals surface area contributed by atoms with Crippen LogP contribution in [-0.2, 0) is 15.9 Å². The van der Waals surface area contributed by atoms with Crippen LogP contribution < -0.4 is 4.74 Å². The van der Waals surface area contributed by atoms with Gasteiger partial charge in [0.1, 0.15) is 12.4 Å². The lowest BCUT2D eigenvalue weighted by Gasteiger charge is -2.50. The van der Waals surface area contributed by atoms with E-state index in [0.29, 0.717) is 36.7 Å². The molecule has 2 fully saturated rings. The number of ether oxygens (including phenoxy) is 3. The number of aryl methyl sites for hydroxylation is 1. The molecule has 4 rings (SSSR count). The van der Waals surface area contributed by atoms with E-state index >= 15 is 0 Å². The summed E-state index contributed by atoms with van der Waals surface area (Å²) < 4.78 is 134. The van der Waals surface area contributed by atoms with E-state index in [2.05, 4.69) is 49.6 Å². The highest BCUT2D eigenvalue weighted by Crippen LogP contribution is 2.62. The number of alkyl halides is 9. The third-order valence-electron chi connectivity index (χ3n) is 10.6. The van der Waals surface area contributed by atoms with Crippen LogP contribution >= 0.6 is 0 Å². The highest BCUT2D eigenvalue weighted by molar-refractivity contribution is 5.40. The Hall–Kier alpha value is -1.73. The van der Waals surface area contributed by atoms with Gasteiger partial charge in [0, 0.05) is 13.2 Å². The topological polar surface area (TPSA) is 30.9 Å². The quantitative estimate of drug-likeness (QED) is 0.154. The fourth-order valence-electron chi connectivity index (χ4n) is 8.02. The molecule has 0 aliphatic heterocycles. The minimum Gasteiger partial charge on any atom is -0.492 e. The number of halogens is 9. The van der Waals surface area contributed by atoms with Gasteiger partial charge in [0.2, 0.25) is 0 Å². The summed E-state index contributed by atoms with van der Waals surface area (Å²) in [5, 5.41) is 0. The molecule has 264 valence electrons. The Labute approximate surface area is 265 Å². The first kappa shape index (κ1) is 37.1. The Kier molecular flexibility index (Phi) is 11.3. The average Bonchev–Trinajstić information content (AvgIpc) is 3.27. The molecule has 0 amide bonds. The third kappa shape index (κ3) is 7.46. The van der Waals surface area contributed by atoms with Crippen molar-refractivity contribution in [1.82, 2.24) is 4.90 Å². The molecule has 0 spiro atoms. The van der Waals surface area contributed by atoms with E-state index < -0.39 is 37.2 Å². The molecule has 3 aliphatic carbocycles. The molecule has 5 atom stereocenters. The number of likely N-dealkylation sites (N-methyl/N-ethyl adjacent to an activating group) is 1. The first-order chi connectivity index (χ1) is 21.3. The zero-order valence-electron chi connectivity index (χ0n) is 26.9. The van der Waals surface area contributed by atoms with Crippen molar-refractivity contribution in [3.63, 3.8) is 0 Å². The number of nitrogens with zero attached hydrogens (tertiary/aromatic N) is 1. The number of fused-ring (bicyclic) bond motifs is 5. The molecule has 1 aromatic rings. The van der Waals surface area contributed by atoms with Crippen LogP contribution in [0, 0.1) is 23.2 Å². The van der Waals surface area contributed by atoms with Crippen LogP contribution in [0.1, 0.15) is 82.8 Å². The Morgan fingerprint density at radius 3 is 2.17 bits per heavy atom. The second kappa shape index (κ2) is 14.0. The number of hydrogen-bond acceptors (Lipinski definition) is 4. The van der Waals surface area contributed by atoms with Crippen molar-refractivity contribution < 1.29 is 53.7 Å². The molecular formula is C33H46F9NO3. The second-order valence-corrected chi connectivity index (χ2v) is 14.0. The van der Waals surface area contributed by atoms with Gasteiger partial charge in [-0.1, -0.05) is 26.8 Å². The maximum Gasteiger partial charge on any atom is 0.435 e. The van der Waals surface area contributed by atoms with Crippen LogP contribution in [0.2, 0.25) is 0 Å². The summed E-state index contributed by atoms with van der Waals surface area (Å²) in [6.07, 6.45) is -14.7. The van der Waals surface area contributed by atoms with Gasteiger partial charge in [-0.15, -0.1) is 0 Å². The Balaban J connectivity index is 1.30. The van der Waals surface area contributed by atoms with Crippen molar-refractivity contribution in [2.24, 2.45) is 23.2 Å². The SMILES string of the molecule is CC(C)CCN(C)CCOc1ccc2c(c1)CC[C@@H]1[C@@H]2CC[C@]2(C)[C@@H](OCCCOC(C(F)(F)F)(C(F)(F)F)C(F)(F)F)CC[C@@H]12. The first-order valence-electron chi connectivity index (χ1n) is 16.2. The van der Waals surface area contributed by atoms with Crippen LogP contribution in [0.5, 0.6) is 5.75 Å². The highest BCUT2D eigenvalue weighted by Gasteiger charge is 2.85. The summed E-state index contributed by atoms with van der Waals surface area (Å²) in [6, 6.07) is 6.37. The van der Waals surface area contributed by atoms with Gasteiger partial charge >= 0.3 is 24.1 Å². The number of hydrogen-bond donors (Lipinski definition) is 0.